The van der Waals surface area contributed by atoms with E-state index in [9.17, 15) is 5.11 Å². The van der Waals surface area contributed by atoms with Crippen LogP contribution in [0.2, 0.25) is 0 Å². The third-order valence-corrected chi connectivity index (χ3v) is 2.90. The molecule has 2 atom stereocenters. The number of aliphatic hydroxyl groups is 1. The summed E-state index contributed by atoms with van der Waals surface area (Å²) >= 11 is 0. The Morgan fingerprint density at radius 3 is 2.81 bits per heavy atom. The second-order valence-corrected chi connectivity index (χ2v) is 4.15. The predicted molar refractivity (Wildman–Crippen MR) is 63.1 cm³/mol. The van der Waals surface area contributed by atoms with Gasteiger partial charge in [0.15, 0.2) is 0 Å². The zero-order chi connectivity index (χ0) is 11.4. The van der Waals surface area contributed by atoms with Crippen molar-refractivity contribution in [2.45, 2.75) is 32.5 Å². The lowest BCUT2D eigenvalue weighted by Crippen LogP contribution is -2.29. The van der Waals surface area contributed by atoms with Crippen molar-refractivity contribution in [1.82, 2.24) is 0 Å². The highest BCUT2D eigenvalue weighted by molar-refractivity contribution is 6.00. The molecule has 0 fully saturated rings. The maximum absolute atomic E-state index is 9.64. The number of nitrogens with zero attached hydrogens (tertiary/aromatic N) is 1. The predicted octanol–water partition coefficient (Wildman–Crippen LogP) is 2.55. The molecule has 0 radical (unpaired) electrons. The van der Waals surface area contributed by atoms with Gasteiger partial charge in [0.05, 0.1) is 5.71 Å². The smallest absolute Gasteiger partial charge is 0.227 e. The van der Waals surface area contributed by atoms with E-state index >= 15 is 0 Å². The van der Waals surface area contributed by atoms with Gasteiger partial charge >= 0.3 is 0 Å². The Kier molecular flexibility index (Phi) is 3.57. The molecule has 1 aliphatic rings. The highest BCUT2D eigenvalue weighted by Crippen LogP contribution is 2.24. The van der Waals surface area contributed by atoms with Crippen LogP contribution in [-0.4, -0.2) is 17.1 Å². The number of oxime groups is 1. The van der Waals surface area contributed by atoms with E-state index in [-0.39, 0.29) is 5.92 Å². The van der Waals surface area contributed by atoms with Crippen molar-refractivity contribution < 1.29 is 9.94 Å². The van der Waals surface area contributed by atoms with Gasteiger partial charge in [-0.2, -0.15) is 0 Å². The average Bonchev–Trinajstić information content (AvgIpc) is 2.33. The van der Waals surface area contributed by atoms with Crippen LogP contribution in [-0.2, 0) is 4.84 Å². The van der Waals surface area contributed by atoms with Gasteiger partial charge in [0.1, 0.15) is 0 Å². The second kappa shape index (κ2) is 5.12. The molecule has 0 saturated heterocycles. The molecule has 1 aromatic rings. The Bertz CT molecular complexity index is 361. The van der Waals surface area contributed by atoms with Gasteiger partial charge in [-0.25, -0.2) is 0 Å². The average molecular weight is 219 g/mol. The lowest BCUT2D eigenvalue weighted by molar-refractivity contribution is -0.141. The first kappa shape index (κ1) is 11.1. The summed E-state index contributed by atoms with van der Waals surface area (Å²) < 4.78 is 0. The number of rotatable bonds is 3. The zero-order valence-electron chi connectivity index (χ0n) is 9.47. The molecular weight excluding hydrogens is 202 g/mol. The van der Waals surface area contributed by atoms with Crippen LogP contribution in [0.1, 0.15) is 31.7 Å². The molecule has 86 valence electrons. The maximum Gasteiger partial charge on any atom is 0.227 e. The van der Waals surface area contributed by atoms with Crippen LogP contribution in [0.3, 0.4) is 0 Å². The minimum Gasteiger partial charge on any atom is -0.363 e. The Morgan fingerprint density at radius 2 is 2.12 bits per heavy atom. The highest BCUT2D eigenvalue weighted by Gasteiger charge is 2.27. The van der Waals surface area contributed by atoms with E-state index < -0.39 is 6.29 Å². The summed E-state index contributed by atoms with van der Waals surface area (Å²) in [4.78, 5) is 5.05. The molecule has 1 aromatic carbocycles. The largest absolute Gasteiger partial charge is 0.363 e. The first-order valence-electron chi connectivity index (χ1n) is 5.77. The Balaban J connectivity index is 2.13. The number of benzene rings is 1. The Labute approximate surface area is 95.7 Å². The van der Waals surface area contributed by atoms with Crippen molar-refractivity contribution in [2.24, 2.45) is 11.1 Å². The quantitative estimate of drug-likeness (QED) is 0.848. The van der Waals surface area contributed by atoms with Crippen LogP contribution in [0.4, 0.5) is 0 Å². The molecule has 2 unspecified atom stereocenters. The third kappa shape index (κ3) is 2.42. The lowest BCUT2D eigenvalue weighted by Gasteiger charge is -2.25. The van der Waals surface area contributed by atoms with Gasteiger partial charge in [0.25, 0.3) is 0 Å². The van der Waals surface area contributed by atoms with E-state index in [2.05, 4.69) is 12.1 Å². The van der Waals surface area contributed by atoms with Gasteiger partial charge in [-0.05, 0) is 12.0 Å². The van der Waals surface area contributed by atoms with Crippen LogP contribution in [0.25, 0.3) is 0 Å². The molecule has 0 amide bonds. The summed E-state index contributed by atoms with van der Waals surface area (Å²) in [6.07, 6.45) is 2.06. The first-order chi connectivity index (χ1) is 7.81. The molecule has 0 saturated carbocycles. The van der Waals surface area contributed by atoms with E-state index in [0.717, 1.165) is 30.5 Å². The van der Waals surface area contributed by atoms with E-state index in [0.29, 0.717) is 0 Å². The molecule has 1 aliphatic heterocycles. The van der Waals surface area contributed by atoms with E-state index in [1.54, 1.807) is 0 Å². The fraction of sp³-hybridized carbons (Fsp3) is 0.462. The SMILES string of the molecule is CCCC1CC(c2ccccc2)=NOC1O. The van der Waals surface area contributed by atoms with Crippen molar-refractivity contribution in [1.29, 1.82) is 0 Å². The maximum atomic E-state index is 9.64. The van der Waals surface area contributed by atoms with Crippen LogP contribution >= 0.6 is 0 Å². The standard InChI is InChI=1S/C13H17NO2/c1-2-6-11-9-12(14-16-13(11)15)10-7-4-3-5-8-10/h3-5,7-8,11,13,15H,2,6,9H2,1H3. The number of hydrogen-bond acceptors (Lipinski definition) is 3. The molecule has 2 rings (SSSR count). The highest BCUT2D eigenvalue weighted by atomic mass is 16.7. The van der Waals surface area contributed by atoms with Gasteiger partial charge in [0.2, 0.25) is 6.29 Å². The second-order valence-electron chi connectivity index (χ2n) is 4.15. The fourth-order valence-corrected chi connectivity index (χ4v) is 2.01. The summed E-state index contributed by atoms with van der Waals surface area (Å²) in [5, 5.41) is 13.6. The summed E-state index contributed by atoms with van der Waals surface area (Å²) in [6, 6.07) is 9.98. The molecule has 3 heteroatoms. The normalized spacial score (nSPS) is 24.8. The van der Waals surface area contributed by atoms with E-state index in [1.165, 1.54) is 0 Å². The van der Waals surface area contributed by atoms with Gasteiger partial charge in [0, 0.05) is 12.3 Å². The first-order valence-corrected chi connectivity index (χ1v) is 5.77. The van der Waals surface area contributed by atoms with Crippen LogP contribution in [0, 0.1) is 5.92 Å². The van der Waals surface area contributed by atoms with Gasteiger partial charge < -0.3 is 9.94 Å². The summed E-state index contributed by atoms with van der Waals surface area (Å²) in [5.41, 5.74) is 2.01. The summed E-state index contributed by atoms with van der Waals surface area (Å²) in [6.45, 7) is 2.11. The molecule has 0 bridgehead atoms. The van der Waals surface area contributed by atoms with Crippen molar-refractivity contribution in [2.75, 3.05) is 0 Å². The van der Waals surface area contributed by atoms with Crippen molar-refractivity contribution >= 4 is 5.71 Å². The molecule has 1 heterocycles. The van der Waals surface area contributed by atoms with Gasteiger partial charge in [-0.1, -0.05) is 48.8 Å². The van der Waals surface area contributed by atoms with Crippen molar-refractivity contribution in [3.05, 3.63) is 35.9 Å². The van der Waals surface area contributed by atoms with E-state index in [1.807, 2.05) is 30.3 Å². The molecule has 0 aliphatic carbocycles. The Hall–Kier alpha value is -1.35. The zero-order valence-corrected chi connectivity index (χ0v) is 9.47. The minimum absolute atomic E-state index is 0.165. The van der Waals surface area contributed by atoms with Gasteiger partial charge in [-0.3, -0.25) is 0 Å². The van der Waals surface area contributed by atoms with Crippen LogP contribution < -0.4 is 0 Å². The molecule has 0 spiro atoms. The number of aliphatic hydroxyl groups excluding tert-OH is 1. The summed E-state index contributed by atoms with van der Waals surface area (Å²) in [5.74, 6) is 0.165. The fourth-order valence-electron chi connectivity index (χ4n) is 2.01. The van der Waals surface area contributed by atoms with Crippen molar-refractivity contribution in [3.63, 3.8) is 0 Å². The van der Waals surface area contributed by atoms with Crippen LogP contribution in [0.15, 0.2) is 35.5 Å². The molecule has 0 aromatic heterocycles. The third-order valence-electron chi connectivity index (χ3n) is 2.90. The number of hydrogen-bond donors (Lipinski definition) is 1. The Morgan fingerprint density at radius 1 is 1.38 bits per heavy atom. The monoisotopic (exact) mass is 219 g/mol. The van der Waals surface area contributed by atoms with Gasteiger partial charge in [-0.15, -0.1) is 0 Å². The lowest BCUT2D eigenvalue weighted by atomic mass is 9.92. The van der Waals surface area contributed by atoms with E-state index in [4.69, 9.17) is 4.84 Å². The molecule has 16 heavy (non-hydrogen) atoms. The molecule has 1 N–H and O–H groups in total. The van der Waals surface area contributed by atoms with Crippen LogP contribution in [0.5, 0.6) is 0 Å². The minimum atomic E-state index is -0.743. The molecular formula is C13H17NO2. The van der Waals surface area contributed by atoms with Crippen molar-refractivity contribution in [3.8, 4) is 0 Å². The topological polar surface area (TPSA) is 41.8 Å². The summed E-state index contributed by atoms with van der Waals surface area (Å²) in [7, 11) is 0. The molecule has 3 nitrogen and oxygen atoms in total.